The Labute approximate surface area is 126 Å². The summed E-state index contributed by atoms with van der Waals surface area (Å²) in [6.07, 6.45) is 5.86. The summed E-state index contributed by atoms with van der Waals surface area (Å²) < 4.78 is 5.68. The molecule has 0 bridgehead atoms. The lowest BCUT2D eigenvalue weighted by molar-refractivity contribution is 0.0929. The lowest BCUT2D eigenvalue weighted by atomic mass is 10.0. The van der Waals surface area contributed by atoms with Crippen molar-refractivity contribution in [2.45, 2.75) is 45.1 Å². The number of benzene rings is 1. The van der Waals surface area contributed by atoms with E-state index in [9.17, 15) is 4.79 Å². The summed E-state index contributed by atoms with van der Waals surface area (Å²) in [4.78, 5) is 12.6. The first kappa shape index (κ1) is 14.2. The summed E-state index contributed by atoms with van der Waals surface area (Å²) in [5.41, 5.74) is 1.57. The van der Waals surface area contributed by atoms with Crippen LogP contribution in [0.15, 0.2) is 18.2 Å². The van der Waals surface area contributed by atoms with Gasteiger partial charge in [-0.3, -0.25) is 4.79 Å². The molecule has 4 heteroatoms. The predicted molar refractivity (Wildman–Crippen MR) is 83.9 cm³/mol. The van der Waals surface area contributed by atoms with Gasteiger partial charge in [0.2, 0.25) is 0 Å². The van der Waals surface area contributed by atoms with Crippen LogP contribution in [0.1, 0.15) is 49.4 Å². The van der Waals surface area contributed by atoms with E-state index in [0.29, 0.717) is 24.0 Å². The van der Waals surface area contributed by atoms with Crippen molar-refractivity contribution >= 4 is 11.6 Å². The van der Waals surface area contributed by atoms with Crippen LogP contribution in [0.3, 0.4) is 0 Å². The zero-order valence-electron chi connectivity index (χ0n) is 12.7. The van der Waals surface area contributed by atoms with Crippen LogP contribution in [-0.2, 0) is 0 Å². The van der Waals surface area contributed by atoms with Crippen LogP contribution in [0.2, 0.25) is 0 Å². The second kappa shape index (κ2) is 6.37. The Hall–Kier alpha value is -1.71. The van der Waals surface area contributed by atoms with Crippen molar-refractivity contribution in [3.63, 3.8) is 0 Å². The molecule has 2 atom stereocenters. The van der Waals surface area contributed by atoms with E-state index in [4.69, 9.17) is 4.74 Å². The Kier molecular flexibility index (Phi) is 4.32. The lowest BCUT2D eigenvalue weighted by Crippen LogP contribution is -2.35. The maximum Gasteiger partial charge on any atom is 0.255 e. The molecule has 4 nitrogen and oxygen atoms in total. The molecule has 3 rings (SSSR count). The Balaban J connectivity index is 1.71. The van der Waals surface area contributed by atoms with E-state index in [-0.39, 0.29) is 5.91 Å². The van der Waals surface area contributed by atoms with Gasteiger partial charge in [0, 0.05) is 12.6 Å². The van der Waals surface area contributed by atoms with Crippen molar-refractivity contribution in [1.29, 1.82) is 0 Å². The minimum absolute atomic E-state index is 0.00453. The van der Waals surface area contributed by atoms with Gasteiger partial charge in [0.15, 0.2) is 5.75 Å². The van der Waals surface area contributed by atoms with Crippen molar-refractivity contribution in [3.8, 4) is 5.75 Å². The Bertz CT molecular complexity index is 516. The molecule has 2 unspecified atom stereocenters. The molecule has 1 aromatic rings. The summed E-state index contributed by atoms with van der Waals surface area (Å²) in [5, 5.41) is 6.47. The molecule has 114 valence electrons. The van der Waals surface area contributed by atoms with Gasteiger partial charge in [-0.15, -0.1) is 0 Å². The molecule has 1 amide bonds. The molecule has 1 aliphatic carbocycles. The summed E-state index contributed by atoms with van der Waals surface area (Å²) in [5.74, 6) is 1.47. The molecule has 2 aliphatic rings. The number of rotatable bonds is 2. The average Bonchev–Trinajstić information content (AvgIpc) is 2.71. The van der Waals surface area contributed by atoms with Gasteiger partial charge < -0.3 is 15.4 Å². The second-order valence-electron chi connectivity index (χ2n) is 6.24. The van der Waals surface area contributed by atoms with Gasteiger partial charge in [-0.2, -0.15) is 0 Å². The number of nitrogens with one attached hydrogen (secondary N) is 2. The standard InChI is InChI=1S/C17H24N2O2/c1-12-4-2-5-13(9-8-12)19-17(20)14-6-3-7-15-16(14)21-11-10-18-15/h3,6-7,12-13,18H,2,4-5,8-11H2,1H3,(H,19,20). The first-order chi connectivity index (χ1) is 10.2. The van der Waals surface area contributed by atoms with Gasteiger partial charge >= 0.3 is 0 Å². The molecular weight excluding hydrogens is 264 g/mol. The van der Waals surface area contributed by atoms with Crippen LogP contribution in [0, 0.1) is 5.92 Å². The Morgan fingerprint density at radius 3 is 3.10 bits per heavy atom. The first-order valence-electron chi connectivity index (χ1n) is 8.04. The van der Waals surface area contributed by atoms with Gasteiger partial charge in [0.25, 0.3) is 5.91 Å². The summed E-state index contributed by atoms with van der Waals surface area (Å²) >= 11 is 0. The summed E-state index contributed by atoms with van der Waals surface area (Å²) in [7, 11) is 0. The third kappa shape index (κ3) is 3.31. The van der Waals surface area contributed by atoms with Crippen molar-refractivity contribution in [2.75, 3.05) is 18.5 Å². The quantitative estimate of drug-likeness (QED) is 0.822. The fourth-order valence-corrected chi connectivity index (χ4v) is 3.24. The minimum atomic E-state index is -0.00453. The molecule has 1 fully saturated rings. The summed E-state index contributed by atoms with van der Waals surface area (Å²) in [6, 6.07) is 6.01. The van der Waals surface area contributed by atoms with E-state index in [1.54, 1.807) is 0 Å². The SMILES string of the molecule is CC1CCCC(NC(=O)c2cccc3c2OCCN3)CC1. The van der Waals surface area contributed by atoms with Crippen molar-refractivity contribution in [1.82, 2.24) is 5.32 Å². The number of carbonyl (C=O) groups excluding carboxylic acids is 1. The topological polar surface area (TPSA) is 50.4 Å². The number of ether oxygens (including phenoxy) is 1. The largest absolute Gasteiger partial charge is 0.489 e. The molecule has 0 radical (unpaired) electrons. The van der Waals surface area contributed by atoms with Gasteiger partial charge in [0.05, 0.1) is 11.3 Å². The van der Waals surface area contributed by atoms with Crippen molar-refractivity contribution in [3.05, 3.63) is 23.8 Å². The monoisotopic (exact) mass is 288 g/mol. The Morgan fingerprint density at radius 1 is 1.29 bits per heavy atom. The van der Waals surface area contributed by atoms with E-state index >= 15 is 0 Å². The second-order valence-corrected chi connectivity index (χ2v) is 6.24. The fraction of sp³-hybridized carbons (Fsp3) is 0.588. The number of amides is 1. The molecule has 0 spiro atoms. The molecule has 0 aromatic heterocycles. The van der Waals surface area contributed by atoms with Gasteiger partial charge in [0.1, 0.15) is 6.61 Å². The number of para-hydroxylation sites is 1. The van der Waals surface area contributed by atoms with Crippen LogP contribution < -0.4 is 15.4 Å². The zero-order chi connectivity index (χ0) is 14.7. The van der Waals surface area contributed by atoms with E-state index in [1.165, 1.54) is 19.3 Å². The van der Waals surface area contributed by atoms with E-state index in [2.05, 4.69) is 17.6 Å². The third-order valence-corrected chi connectivity index (χ3v) is 4.52. The van der Waals surface area contributed by atoms with Crippen LogP contribution >= 0.6 is 0 Å². The first-order valence-corrected chi connectivity index (χ1v) is 8.04. The van der Waals surface area contributed by atoms with Gasteiger partial charge in [-0.25, -0.2) is 0 Å². The summed E-state index contributed by atoms with van der Waals surface area (Å²) in [6.45, 7) is 3.70. The highest BCUT2D eigenvalue weighted by Crippen LogP contribution is 2.31. The normalized spacial score (nSPS) is 25.0. The zero-order valence-corrected chi connectivity index (χ0v) is 12.7. The van der Waals surface area contributed by atoms with E-state index in [0.717, 1.165) is 31.0 Å². The fourth-order valence-electron chi connectivity index (χ4n) is 3.24. The maximum atomic E-state index is 12.6. The highest BCUT2D eigenvalue weighted by molar-refractivity contribution is 5.99. The van der Waals surface area contributed by atoms with Crippen LogP contribution in [-0.4, -0.2) is 25.1 Å². The minimum Gasteiger partial charge on any atom is -0.489 e. The molecule has 1 saturated carbocycles. The lowest BCUT2D eigenvalue weighted by Gasteiger charge is -2.23. The molecule has 0 saturated heterocycles. The van der Waals surface area contributed by atoms with Crippen LogP contribution in [0.25, 0.3) is 0 Å². The van der Waals surface area contributed by atoms with E-state index < -0.39 is 0 Å². The van der Waals surface area contributed by atoms with Crippen molar-refractivity contribution < 1.29 is 9.53 Å². The average molecular weight is 288 g/mol. The van der Waals surface area contributed by atoms with Crippen molar-refractivity contribution in [2.24, 2.45) is 5.92 Å². The van der Waals surface area contributed by atoms with Gasteiger partial charge in [-0.1, -0.05) is 25.8 Å². The number of hydrogen-bond acceptors (Lipinski definition) is 3. The maximum absolute atomic E-state index is 12.6. The molecule has 21 heavy (non-hydrogen) atoms. The number of hydrogen-bond donors (Lipinski definition) is 2. The predicted octanol–water partition coefficient (Wildman–Crippen LogP) is 3.19. The van der Waals surface area contributed by atoms with E-state index in [1.807, 2.05) is 18.2 Å². The molecule has 1 aliphatic heterocycles. The van der Waals surface area contributed by atoms with Gasteiger partial charge in [-0.05, 0) is 37.3 Å². The highest BCUT2D eigenvalue weighted by Gasteiger charge is 2.22. The Morgan fingerprint density at radius 2 is 2.19 bits per heavy atom. The smallest absolute Gasteiger partial charge is 0.255 e. The number of fused-ring (bicyclic) bond motifs is 1. The molecular formula is C17H24N2O2. The number of carbonyl (C=O) groups is 1. The number of anilines is 1. The molecule has 2 N–H and O–H groups in total. The third-order valence-electron chi connectivity index (χ3n) is 4.52. The molecule has 1 heterocycles. The van der Waals surface area contributed by atoms with Crippen LogP contribution in [0.5, 0.6) is 5.75 Å². The molecule has 1 aromatic carbocycles. The van der Waals surface area contributed by atoms with Crippen LogP contribution in [0.4, 0.5) is 5.69 Å². The highest BCUT2D eigenvalue weighted by atomic mass is 16.5.